The lowest BCUT2D eigenvalue weighted by Gasteiger charge is -2.26. The Labute approximate surface area is 200 Å². The molecule has 0 aliphatic carbocycles. The fraction of sp³-hybridized carbons (Fsp3) is 0.333. The number of halogens is 3. The molecule has 0 radical (unpaired) electrons. The number of nitrogen functional groups attached to an aromatic ring is 1. The van der Waals surface area contributed by atoms with Gasteiger partial charge in [-0.1, -0.05) is 18.2 Å². The molecule has 0 saturated carbocycles. The van der Waals surface area contributed by atoms with E-state index in [9.17, 15) is 13.2 Å². The number of ether oxygens (including phenoxy) is 1. The van der Waals surface area contributed by atoms with Gasteiger partial charge in [0.15, 0.2) is 11.6 Å². The zero-order valence-corrected chi connectivity index (χ0v) is 19.0. The van der Waals surface area contributed by atoms with Crippen molar-refractivity contribution < 1.29 is 17.9 Å². The maximum atomic E-state index is 13.7. The second-order valence-electron chi connectivity index (χ2n) is 8.08. The SMILES string of the molecule is NC(=Nc1cc(CCCN2CCOCC2)nc(-c2ccccc2C(F)(F)F)n1)c1cccnc1N. The number of benzene rings is 1. The van der Waals surface area contributed by atoms with Crippen LogP contribution in [0.1, 0.15) is 23.2 Å². The molecule has 11 heteroatoms. The summed E-state index contributed by atoms with van der Waals surface area (Å²) in [6.45, 7) is 3.93. The van der Waals surface area contributed by atoms with Crippen molar-refractivity contribution >= 4 is 17.5 Å². The number of pyridine rings is 1. The second-order valence-corrected chi connectivity index (χ2v) is 8.08. The maximum Gasteiger partial charge on any atom is 0.417 e. The van der Waals surface area contributed by atoms with Gasteiger partial charge in [-0.05, 0) is 37.6 Å². The molecule has 3 heterocycles. The van der Waals surface area contributed by atoms with Gasteiger partial charge in [0.1, 0.15) is 11.7 Å². The molecule has 2 aromatic heterocycles. The number of nitrogens with two attached hydrogens (primary N) is 2. The average molecular weight is 486 g/mol. The number of anilines is 1. The molecule has 4 N–H and O–H groups in total. The molecular formula is C24H26F3N7O. The molecule has 1 fully saturated rings. The van der Waals surface area contributed by atoms with Crippen LogP contribution in [0.15, 0.2) is 53.7 Å². The molecule has 1 aliphatic rings. The fourth-order valence-electron chi connectivity index (χ4n) is 3.84. The van der Waals surface area contributed by atoms with Gasteiger partial charge in [0.2, 0.25) is 0 Å². The van der Waals surface area contributed by atoms with E-state index in [1.54, 1.807) is 18.2 Å². The normalized spacial score (nSPS) is 15.3. The summed E-state index contributed by atoms with van der Waals surface area (Å²) < 4.78 is 46.4. The number of aryl methyl sites for hydroxylation is 1. The quantitative estimate of drug-likeness (QED) is 0.389. The van der Waals surface area contributed by atoms with E-state index in [2.05, 4.69) is 24.8 Å². The van der Waals surface area contributed by atoms with Crippen LogP contribution in [0.5, 0.6) is 0 Å². The highest BCUT2D eigenvalue weighted by Gasteiger charge is 2.34. The lowest BCUT2D eigenvalue weighted by molar-refractivity contribution is -0.137. The Morgan fingerprint density at radius 1 is 1.09 bits per heavy atom. The van der Waals surface area contributed by atoms with Gasteiger partial charge in [-0.25, -0.2) is 19.9 Å². The lowest BCUT2D eigenvalue weighted by Crippen LogP contribution is -2.36. The molecule has 184 valence electrons. The van der Waals surface area contributed by atoms with E-state index in [1.165, 1.54) is 24.4 Å². The predicted molar refractivity (Wildman–Crippen MR) is 127 cm³/mol. The monoisotopic (exact) mass is 485 g/mol. The van der Waals surface area contributed by atoms with Gasteiger partial charge in [-0.3, -0.25) is 4.90 Å². The molecule has 1 aliphatic heterocycles. The number of alkyl halides is 3. The van der Waals surface area contributed by atoms with Crippen molar-refractivity contribution in [1.82, 2.24) is 19.9 Å². The molecule has 35 heavy (non-hydrogen) atoms. The Kier molecular flexibility index (Phi) is 7.57. The Balaban J connectivity index is 1.69. The van der Waals surface area contributed by atoms with E-state index < -0.39 is 11.7 Å². The summed E-state index contributed by atoms with van der Waals surface area (Å²) >= 11 is 0. The van der Waals surface area contributed by atoms with Gasteiger partial charge >= 0.3 is 6.18 Å². The van der Waals surface area contributed by atoms with Gasteiger partial charge in [-0.2, -0.15) is 13.2 Å². The zero-order valence-electron chi connectivity index (χ0n) is 19.0. The average Bonchev–Trinajstić information content (AvgIpc) is 2.84. The van der Waals surface area contributed by atoms with Crippen LogP contribution in [0.2, 0.25) is 0 Å². The van der Waals surface area contributed by atoms with E-state index in [0.717, 1.165) is 32.1 Å². The largest absolute Gasteiger partial charge is 0.417 e. The minimum Gasteiger partial charge on any atom is -0.383 e. The molecular weight excluding hydrogens is 459 g/mol. The Bertz CT molecular complexity index is 1190. The van der Waals surface area contributed by atoms with Crippen LogP contribution in [-0.4, -0.2) is 58.5 Å². The van der Waals surface area contributed by atoms with Gasteiger partial charge in [0, 0.05) is 36.6 Å². The topological polar surface area (TPSA) is 116 Å². The number of rotatable bonds is 7. The van der Waals surface area contributed by atoms with E-state index in [4.69, 9.17) is 16.2 Å². The van der Waals surface area contributed by atoms with Crippen LogP contribution in [0.25, 0.3) is 11.4 Å². The number of amidine groups is 1. The fourth-order valence-corrected chi connectivity index (χ4v) is 3.84. The van der Waals surface area contributed by atoms with E-state index >= 15 is 0 Å². The second kappa shape index (κ2) is 10.8. The molecule has 0 atom stereocenters. The third-order valence-electron chi connectivity index (χ3n) is 5.60. The van der Waals surface area contributed by atoms with Crippen LogP contribution < -0.4 is 11.5 Å². The third-order valence-corrected chi connectivity index (χ3v) is 5.60. The predicted octanol–water partition coefficient (Wildman–Crippen LogP) is 3.44. The van der Waals surface area contributed by atoms with Crippen molar-refractivity contribution in [3.63, 3.8) is 0 Å². The van der Waals surface area contributed by atoms with Gasteiger partial charge in [0.05, 0.1) is 24.3 Å². The number of aromatic nitrogens is 3. The number of hydrogen-bond donors (Lipinski definition) is 2. The van der Waals surface area contributed by atoms with Crippen LogP contribution >= 0.6 is 0 Å². The summed E-state index contributed by atoms with van der Waals surface area (Å²) in [7, 11) is 0. The van der Waals surface area contributed by atoms with Gasteiger partial charge in [-0.15, -0.1) is 0 Å². The third kappa shape index (κ3) is 6.31. The molecule has 4 rings (SSSR count). The highest BCUT2D eigenvalue weighted by molar-refractivity contribution is 6.02. The standard InChI is InChI=1S/C24H26F3N7O/c25-24(26,27)19-8-2-1-6-17(19)23-31-16(5-4-10-34-11-13-35-14-12-34)15-20(33-23)32-22(29)18-7-3-9-30-21(18)28/h1-3,6-9,15H,4-5,10-14H2,(H2,28,30)(H2,29,31,32,33). The van der Waals surface area contributed by atoms with Gasteiger partial charge in [0.25, 0.3) is 0 Å². The molecule has 0 bridgehead atoms. The lowest BCUT2D eigenvalue weighted by atomic mass is 10.1. The number of hydrogen-bond acceptors (Lipinski definition) is 7. The Hall–Kier alpha value is -3.57. The summed E-state index contributed by atoms with van der Waals surface area (Å²) in [5.41, 5.74) is 12.1. The minimum atomic E-state index is -4.56. The number of aliphatic imine (C=N–C) groups is 1. The molecule has 1 saturated heterocycles. The van der Waals surface area contributed by atoms with E-state index in [0.29, 0.717) is 30.9 Å². The Morgan fingerprint density at radius 2 is 1.86 bits per heavy atom. The number of morpholine rings is 1. The molecule has 8 nitrogen and oxygen atoms in total. The van der Waals surface area contributed by atoms with E-state index in [1.807, 2.05) is 0 Å². The van der Waals surface area contributed by atoms with Crippen molar-refractivity contribution in [2.75, 3.05) is 38.6 Å². The van der Waals surface area contributed by atoms with E-state index in [-0.39, 0.29) is 28.9 Å². The van der Waals surface area contributed by atoms with Crippen LogP contribution in [-0.2, 0) is 17.3 Å². The van der Waals surface area contributed by atoms with Crippen molar-refractivity contribution in [2.45, 2.75) is 19.0 Å². The van der Waals surface area contributed by atoms with Gasteiger partial charge < -0.3 is 16.2 Å². The van der Waals surface area contributed by atoms with Crippen molar-refractivity contribution in [3.05, 3.63) is 65.5 Å². The summed E-state index contributed by atoms with van der Waals surface area (Å²) in [5.74, 6) is 0.335. The molecule has 0 unspecified atom stereocenters. The first-order valence-electron chi connectivity index (χ1n) is 11.2. The first kappa shape index (κ1) is 24.6. The summed E-state index contributed by atoms with van der Waals surface area (Å²) in [5, 5.41) is 0. The molecule has 0 spiro atoms. The molecule has 1 aromatic carbocycles. The summed E-state index contributed by atoms with van der Waals surface area (Å²) in [6, 6.07) is 10.2. The zero-order chi connectivity index (χ0) is 24.8. The van der Waals surface area contributed by atoms with Crippen molar-refractivity contribution in [1.29, 1.82) is 0 Å². The van der Waals surface area contributed by atoms with Crippen LogP contribution in [0, 0.1) is 0 Å². The van der Waals surface area contributed by atoms with Crippen LogP contribution in [0.3, 0.4) is 0 Å². The van der Waals surface area contributed by atoms with Crippen LogP contribution in [0.4, 0.5) is 24.8 Å². The van der Waals surface area contributed by atoms with Crippen molar-refractivity contribution in [2.24, 2.45) is 10.7 Å². The number of nitrogens with zero attached hydrogens (tertiary/aromatic N) is 5. The highest BCUT2D eigenvalue weighted by Crippen LogP contribution is 2.36. The summed E-state index contributed by atoms with van der Waals surface area (Å²) in [4.78, 5) is 19.4. The maximum absolute atomic E-state index is 13.7. The minimum absolute atomic E-state index is 0.0589. The molecule has 0 amide bonds. The first-order chi connectivity index (χ1) is 16.8. The summed E-state index contributed by atoms with van der Waals surface area (Å²) in [6.07, 6.45) is -1.72. The molecule has 3 aromatic rings. The first-order valence-corrected chi connectivity index (χ1v) is 11.2. The smallest absolute Gasteiger partial charge is 0.383 e. The highest BCUT2D eigenvalue weighted by atomic mass is 19.4. The Morgan fingerprint density at radius 3 is 2.60 bits per heavy atom. The van der Waals surface area contributed by atoms with Crippen molar-refractivity contribution in [3.8, 4) is 11.4 Å².